The molecule has 1 heterocycles. The van der Waals surface area contributed by atoms with Crippen LogP contribution in [0.25, 0.3) is 0 Å². The fourth-order valence-electron chi connectivity index (χ4n) is 0.935. The molecule has 0 atom stereocenters. The van der Waals surface area contributed by atoms with Crippen molar-refractivity contribution in [3.05, 3.63) is 24.3 Å². The standard InChI is InChI=1S/C8H10N4OS/c1-12(4-7(9)14)8(13)6-2-10-5-11-3-6/h2-3,5H,4H2,1H3,(H2,9,14). The topological polar surface area (TPSA) is 72.1 Å². The van der Waals surface area contributed by atoms with E-state index >= 15 is 0 Å². The van der Waals surface area contributed by atoms with Gasteiger partial charge in [0.1, 0.15) is 6.33 Å². The molecule has 0 saturated heterocycles. The SMILES string of the molecule is CN(CC(N)=S)C(=O)c1cncnc1. The summed E-state index contributed by atoms with van der Waals surface area (Å²) in [7, 11) is 1.62. The Hall–Kier alpha value is -1.56. The summed E-state index contributed by atoms with van der Waals surface area (Å²) in [6, 6.07) is 0. The number of nitrogens with two attached hydrogens (primary N) is 1. The molecular weight excluding hydrogens is 200 g/mol. The van der Waals surface area contributed by atoms with Crippen LogP contribution in [0.1, 0.15) is 10.4 Å². The van der Waals surface area contributed by atoms with Crippen molar-refractivity contribution in [3.8, 4) is 0 Å². The lowest BCUT2D eigenvalue weighted by Crippen LogP contribution is -2.34. The highest BCUT2D eigenvalue weighted by Gasteiger charge is 2.11. The molecule has 14 heavy (non-hydrogen) atoms. The minimum absolute atomic E-state index is 0.196. The maximum atomic E-state index is 11.6. The maximum absolute atomic E-state index is 11.6. The Labute approximate surface area is 87.0 Å². The fourth-order valence-corrected chi connectivity index (χ4v) is 1.13. The van der Waals surface area contributed by atoms with Gasteiger partial charge in [0, 0.05) is 19.4 Å². The zero-order valence-electron chi connectivity index (χ0n) is 7.67. The van der Waals surface area contributed by atoms with Crippen molar-refractivity contribution >= 4 is 23.1 Å². The Morgan fingerprint density at radius 2 is 2.14 bits per heavy atom. The molecule has 0 saturated carbocycles. The highest BCUT2D eigenvalue weighted by molar-refractivity contribution is 7.80. The van der Waals surface area contributed by atoms with Gasteiger partial charge in [0.05, 0.1) is 17.1 Å². The molecule has 0 aliphatic rings. The second-order valence-electron chi connectivity index (χ2n) is 2.75. The molecule has 5 nitrogen and oxygen atoms in total. The Morgan fingerprint density at radius 3 is 2.64 bits per heavy atom. The van der Waals surface area contributed by atoms with E-state index in [1.165, 1.54) is 23.6 Å². The molecule has 0 spiro atoms. The van der Waals surface area contributed by atoms with Gasteiger partial charge in [0.15, 0.2) is 0 Å². The number of carbonyl (C=O) groups is 1. The maximum Gasteiger partial charge on any atom is 0.257 e. The highest BCUT2D eigenvalue weighted by Crippen LogP contribution is 1.98. The van der Waals surface area contributed by atoms with Gasteiger partial charge in [0.2, 0.25) is 0 Å². The van der Waals surface area contributed by atoms with Gasteiger partial charge in [-0.2, -0.15) is 0 Å². The van der Waals surface area contributed by atoms with Crippen molar-refractivity contribution in [2.75, 3.05) is 13.6 Å². The summed E-state index contributed by atoms with van der Waals surface area (Å²) in [5, 5.41) is 0. The number of amides is 1. The van der Waals surface area contributed by atoms with E-state index in [1.807, 2.05) is 0 Å². The number of carbonyl (C=O) groups excluding carboxylic acids is 1. The average Bonchev–Trinajstić information content (AvgIpc) is 2.17. The van der Waals surface area contributed by atoms with E-state index in [0.717, 1.165) is 0 Å². The monoisotopic (exact) mass is 210 g/mol. The van der Waals surface area contributed by atoms with Gasteiger partial charge < -0.3 is 10.6 Å². The van der Waals surface area contributed by atoms with Gasteiger partial charge in [-0.3, -0.25) is 4.79 Å². The third-order valence-corrected chi connectivity index (χ3v) is 1.68. The summed E-state index contributed by atoms with van der Waals surface area (Å²) >= 11 is 4.69. The van der Waals surface area contributed by atoms with Crippen LogP contribution in [0.5, 0.6) is 0 Å². The van der Waals surface area contributed by atoms with E-state index in [-0.39, 0.29) is 17.4 Å². The van der Waals surface area contributed by atoms with E-state index in [9.17, 15) is 4.79 Å². The first kappa shape index (κ1) is 10.5. The van der Waals surface area contributed by atoms with Gasteiger partial charge in [0.25, 0.3) is 5.91 Å². The van der Waals surface area contributed by atoms with Crippen molar-refractivity contribution in [2.24, 2.45) is 5.73 Å². The number of nitrogens with zero attached hydrogens (tertiary/aromatic N) is 3. The molecule has 0 unspecified atom stereocenters. The smallest absolute Gasteiger partial charge is 0.257 e. The van der Waals surface area contributed by atoms with E-state index in [1.54, 1.807) is 7.05 Å². The number of hydrogen-bond acceptors (Lipinski definition) is 4. The Balaban J connectivity index is 2.71. The lowest BCUT2D eigenvalue weighted by molar-refractivity contribution is 0.0814. The second kappa shape index (κ2) is 4.61. The van der Waals surface area contributed by atoms with Crippen LogP contribution in [-0.2, 0) is 0 Å². The molecule has 1 rings (SSSR count). The predicted molar refractivity (Wildman–Crippen MR) is 55.8 cm³/mol. The van der Waals surface area contributed by atoms with E-state index < -0.39 is 0 Å². The first-order valence-electron chi connectivity index (χ1n) is 3.90. The lowest BCUT2D eigenvalue weighted by atomic mass is 10.3. The van der Waals surface area contributed by atoms with Crippen LogP contribution in [0.4, 0.5) is 0 Å². The molecule has 6 heteroatoms. The number of likely N-dealkylation sites (N-methyl/N-ethyl adjacent to an activating group) is 1. The van der Waals surface area contributed by atoms with Gasteiger partial charge in [-0.15, -0.1) is 0 Å². The molecule has 1 aromatic heterocycles. The van der Waals surface area contributed by atoms with Gasteiger partial charge in [-0.05, 0) is 0 Å². The molecule has 2 N–H and O–H groups in total. The van der Waals surface area contributed by atoms with Gasteiger partial charge in [-0.25, -0.2) is 9.97 Å². The zero-order chi connectivity index (χ0) is 10.6. The summed E-state index contributed by atoms with van der Waals surface area (Å²) < 4.78 is 0. The van der Waals surface area contributed by atoms with Crippen molar-refractivity contribution < 1.29 is 4.79 Å². The first-order valence-corrected chi connectivity index (χ1v) is 4.31. The summed E-state index contributed by atoms with van der Waals surface area (Å²) in [5.74, 6) is -0.196. The van der Waals surface area contributed by atoms with Crippen LogP contribution in [0, 0.1) is 0 Å². The van der Waals surface area contributed by atoms with Crippen molar-refractivity contribution in [2.45, 2.75) is 0 Å². The number of rotatable bonds is 3. The summed E-state index contributed by atoms with van der Waals surface area (Å²) in [5.41, 5.74) is 5.74. The largest absolute Gasteiger partial charge is 0.392 e. The van der Waals surface area contributed by atoms with E-state index in [4.69, 9.17) is 18.0 Å². The molecule has 0 bridgehead atoms. The van der Waals surface area contributed by atoms with Crippen LogP contribution in [0.15, 0.2) is 18.7 Å². The van der Waals surface area contributed by atoms with Crippen LogP contribution in [0.2, 0.25) is 0 Å². The first-order chi connectivity index (χ1) is 6.61. The Kier molecular flexibility index (Phi) is 3.47. The summed E-state index contributed by atoms with van der Waals surface area (Å²) in [6.07, 6.45) is 4.27. The quantitative estimate of drug-likeness (QED) is 0.701. The average molecular weight is 210 g/mol. The second-order valence-corrected chi connectivity index (χ2v) is 3.28. The molecule has 1 aromatic rings. The van der Waals surface area contributed by atoms with Crippen LogP contribution in [0.3, 0.4) is 0 Å². The number of aromatic nitrogens is 2. The highest BCUT2D eigenvalue weighted by atomic mass is 32.1. The molecule has 0 aliphatic carbocycles. The molecule has 0 aliphatic heterocycles. The molecular formula is C8H10N4OS. The van der Waals surface area contributed by atoms with Crippen LogP contribution < -0.4 is 5.73 Å². The molecule has 0 fully saturated rings. The number of thiocarbonyl (C=S) groups is 1. The molecule has 74 valence electrons. The fraction of sp³-hybridized carbons (Fsp3) is 0.250. The Morgan fingerprint density at radius 1 is 1.57 bits per heavy atom. The van der Waals surface area contributed by atoms with Crippen molar-refractivity contribution in [1.82, 2.24) is 14.9 Å². The summed E-state index contributed by atoms with van der Waals surface area (Å²) in [6.45, 7) is 0.253. The van der Waals surface area contributed by atoms with Gasteiger partial charge in [-0.1, -0.05) is 12.2 Å². The minimum Gasteiger partial charge on any atom is -0.392 e. The van der Waals surface area contributed by atoms with Crippen LogP contribution >= 0.6 is 12.2 Å². The van der Waals surface area contributed by atoms with E-state index in [0.29, 0.717) is 5.56 Å². The third kappa shape index (κ3) is 2.74. The zero-order valence-corrected chi connectivity index (χ0v) is 8.49. The molecule has 0 aromatic carbocycles. The Bertz CT molecular complexity index is 340. The van der Waals surface area contributed by atoms with Crippen molar-refractivity contribution in [3.63, 3.8) is 0 Å². The third-order valence-electron chi connectivity index (χ3n) is 1.55. The molecule has 0 radical (unpaired) electrons. The normalized spacial score (nSPS) is 9.50. The summed E-state index contributed by atoms with van der Waals surface area (Å²) in [4.78, 5) is 20.8. The number of hydrogen-bond donors (Lipinski definition) is 1. The van der Waals surface area contributed by atoms with Gasteiger partial charge >= 0.3 is 0 Å². The van der Waals surface area contributed by atoms with E-state index in [2.05, 4.69) is 9.97 Å². The minimum atomic E-state index is -0.196. The molecule has 1 amide bonds. The predicted octanol–water partition coefficient (Wildman–Crippen LogP) is -0.165. The van der Waals surface area contributed by atoms with Crippen LogP contribution in [-0.4, -0.2) is 39.4 Å². The lowest BCUT2D eigenvalue weighted by Gasteiger charge is -2.15. The van der Waals surface area contributed by atoms with Crippen molar-refractivity contribution in [1.29, 1.82) is 0 Å².